The standard InChI is InChI=1S/C13H20ClN3O/c1-10-4-3-5-16(7-10)13(18)11(2)8-17-9-12(14)6-15-17/h6,9-11H,3-5,7-8H2,1-2H3/t10-,11+/m1/s1. The quantitative estimate of drug-likeness (QED) is 0.845. The lowest BCUT2D eigenvalue weighted by Gasteiger charge is -2.32. The van der Waals surface area contributed by atoms with Crippen molar-refractivity contribution in [2.75, 3.05) is 13.1 Å². The van der Waals surface area contributed by atoms with Crippen LogP contribution in [0.1, 0.15) is 26.7 Å². The largest absolute Gasteiger partial charge is 0.342 e. The molecule has 0 aliphatic carbocycles. The van der Waals surface area contributed by atoms with Crippen LogP contribution in [0.25, 0.3) is 0 Å². The second-order valence-corrected chi connectivity index (χ2v) is 5.75. The van der Waals surface area contributed by atoms with Crippen LogP contribution in [0.5, 0.6) is 0 Å². The van der Waals surface area contributed by atoms with E-state index >= 15 is 0 Å². The molecule has 0 unspecified atom stereocenters. The fourth-order valence-corrected chi connectivity index (χ4v) is 2.65. The molecule has 1 aromatic heterocycles. The summed E-state index contributed by atoms with van der Waals surface area (Å²) in [6, 6.07) is 0. The number of likely N-dealkylation sites (tertiary alicyclic amines) is 1. The van der Waals surface area contributed by atoms with Gasteiger partial charge in [0.05, 0.1) is 23.7 Å². The van der Waals surface area contributed by atoms with Crippen LogP contribution in [0.2, 0.25) is 5.02 Å². The number of amides is 1. The monoisotopic (exact) mass is 269 g/mol. The van der Waals surface area contributed by atoms with E-state index in [0.29, 0.717) is 17.5 Å². The number of halogens is 1. The second kappa shape index (κ2) is 5.74. The highest BCUT2D eigenvalue weighted by atomic mass is 35.5. The molecule has 18 heavy (non-hydrogen) atoms. The predicted octanol–water partition coefficient (Wildman–Crippen LogP) is 2.43. The minimum absolute atomic E-state index is 0.0498. The molecule has 0 radical (unpaired) electrons. The Labute approximate surface area is 113 Å². The van der Waals surface area contributed by atoms with Gasteiger partial charge < -0.3 is 4.90 Å². The Morgan fingerprint density at radius 3 is 3.06 bits per heavy atom. The van der Waals surface area contributed by atoms with E-state index in [9.17, 15) is 4.79 Å². The number of rotatable bonds is 3. The Balaban J connectivity index is 1.91. The van der Waals surface area contributed by atoms with Crippen LogP contribution >= 0.6 is 11.6 Å². The summed E-state index contributed by atoms with van der Waals surface area (Å²) in [5.41, 5.74) is 0. The summed E-state index contributed by atoms with van der Waals surface area (Å²) in [6.45, 7) is 6.54. The first-order chi connectivity index (χ1) is 8.56. The third-order valence-corrected chi connectivity index (χ3v) is 3.65. The predicted molar refractivity (Wildman–Crippen MR) is 71.4 cm³/mol. The normalized spacial score (nSPS) is 21.9. The molecule has 0 spiro atoms. The Kier molecular flexibility index (Phi) is 4.27. The van der Waals surface area contributed by atoms with E-state index in [2.05, 4.69) is 12.0 Å². The first kappa shape index (κ1) is 13.4. The van der Waals surface area contributed by atoms with Crippen LogP contribution < -0.4 is 0 Å². The van der Waals surface area contributed by atoms with Crippen LogP contribution in [0.15, 0.2) is 12.4 Å². The maximum atomic E-state index is 12.3. The molecule has 0 bridgehead atoms. The molecule has 1 aromatic rings. The second-order valence-electron chi connectivity index (χ2n) is 5.31. The number of aromatic nitrogens is 2. The molecular formula is C13H20ClN3O. The Hall–Kier alpha value is -1.03. The van der Waals surface area contributed by atoms with Gasteiger partial charge in [0.25, 0.3) is 0 Å². The fraction of sp³-hybridized carbons (Fsp3) is 0.692. The van der Waals surface area contributed by atoms with Gasteiger partial charge in [0.2, 0.25) is 5.91 Å². The van der Waals surface area contributed by atoms with Gasteiger partial charge in [-0.2, -0.15) is 5.10 Å². The number of hydrogen-bond donors (Lipinski definition) is 0. The van der Waals surface area contributed by atoms with Crippen LogP contribution in [0, 0.1) is 11.8 Å². The van der Waals surface area contributed by atoms with E-state index in [1.807, 2.05) is 11.8 Å². The molecule has 1 aliphatic heterocycles. The van der Waals surface area contributed by atoms with Crippen molar-refractivity contribution in [1.82, 2.24) is 14.7 Å². The van der Waals surface area contributed by atoms with Crippen molar-refractivity contribution in [3.8, 4) is 0 Å². The average Bonchev–Trinajstić information content (AvgIpc) is 2.73. The Bertz CT molecular complexity index is 418. The van der Waals surface area contributed by atoms with E-state index in [1.54, 1.807) is 17.1 Å². The van der Waals surface area contributed by atoms with Crippen molar-refractivity contribution in [1.29, 1.82) is 0 Å². The van der Waals surface area contributed by atoms with Gasteiger partial charge in [0.15, 0.2) is 0 Å². The van der Waals surface area contributed by atoms with Crippen LogP contribution in [0.3, 0.4) is 0 Å². The first-order valence-corrected chi connectivity index (χ1v) is 6.91. The minimum Gasteiger partial charge on any atom is -0.342 e. The smallest absolute Gasteiger partial charge is 0.227 e. The van der Waals surface area contributed by atoms with E-state index in [4.69, 9.17) is 11.6 Å². The molecule has 2 atom stereocenters. The number of carbonyl (C=O) groups is 1. The van der Waals surface area contributed by atoms with Crippen molar-refractivity contribution in [2.24, 2.45) is 11.8 Å². The molecule has 5 heteroatoms. The highest BCUT2D eigenvalue weighted by Gasteiger charge is 2.25. The van der Waals surface area contributed by atoms with Gasteiger partial charge in [0, 0.05) is 19.3 Å². The number of carbonyl (C=O) groups excluding carboxylic acids is 1. The van der Waals surface area contributed by atoms with Gasteiger partial charge in [-0.1, -0.05) is 25.4 Å². The SMILES string of the molecule is C[C@@H]1CCCN(C(=O)[C@@H](C)Cn2cc(Cl)cn2)C1. The van der Waals surface area contributed by atoms with Gasteiger partial charge in [-0.15, -0.1) is 0 Å². The van der Waals surface area contributed by atoms with Crippen molar-refractivity contribution >= 4 is 17.5 Å². The highest BCUT2D eigenvalue weighted by molar-refractivity contribution is 6.30. The first-order valence-electron chi connectivity index (χ1n) is 6.53. The van der Waals surface area contributed by atoms with Gasteiger partial charge in [-0.3, -0.25) is 9.48 Å². The molecule has 1 aliphatic rings. The third-order valence-electron chi connectivity index (χ3n) is 3.45. The number of piperidine rings is 1. The average molecular weight is 270 g/mol. The van der Waals surface area contributed by atoms with Crippen LogP contribution in [-0.2, 0) is 11.3 Å². The topological polar surface area (TPSA) is 38.1 Å². The lowest BCUT2D eigenvalue weighted by Crippen LogP contribution is -2.42. The molecule has 0 N–H and O–H groups in total. The van der Waals surface area contributed by atoms with Gasteiger partial charge in [-0.05, 0) is 18.8 Å². The maximum absolute atomic E-state index is 12.3. The van der Waals surface area contributed by atoms with Gasteiger partial charge >= 0.3 is 0 Å². The summed E-state index contributed by atoms with van der Waals surface area (Å²) in [5.74, 6) is 0.800. The summed E-state index contributed by atoms with van der Waals surface area (Å²) < 4.78 is 1.73. The molecule has 1 saturated heterocycles. The fourth-order valence-electron chi connectivity index (χ4n) is 2.50. The number of hydrogen-bond acceptors (Lipinski definition) is 2. The van der Waals surface area contributed by atoms with Gasteiger partial charge in [-0.25, -0.2) is 0 Å². The van der Waals surface area contributed by atoms with Crippen molar-refractivity contribution in [3.05, 3.63) is 17.4 Å². The molecule has 1 fully saturated rings. The molecular weight excluding hydrogens is 250 g/mol. The molecule has 1 amide bonds. The number of nitrogens with zero attached hydrogens (tertiary/aromatic N) is 3. The van der Waals surface area contributed by atoms with E-state index < -0.39 is 0 Å². The molecule has 2 heterocycles. The van der Waals surface area contributed by atoms with E-state index in [0.717, 1.165) is 19.5 Å². The van der Waals surface area contributed by atoms with Crippen molar-refractivity contribution in [2.45, 2.75) is 33.2 Å². The third kappa shape index (κ3) is 3.25. The van der Waals surface area contributed by atoms with Crippen molar-refractivity contribution < 1.29 is 4.79 Å². The molecule has 2 rings (SSSR count). The summed E-state index contributed by atoms with van der Waals surface area (Å²) in [6.07, 6.45) is 5.70. The molecule has 100 valence electrons. The molecule has 0 saturated carbocycles. The summed E-state index contributed by atoms with van der Waals surface area (Å²) >= 11 is 5.81. The van der Waals surface area contributed by atoms with Crippen LogP contribution in [-0.4, -0.2) is 33.7 Å². The highest BCUT2D eigenvalue weighted by Crippen LogP contribution is 2.18. The van der Waals surface area contributed by atoms with Crippen molar-refractivity contribution in [3.63, 3.8) is 0 Å². The zero-order valence-corrected chi connectivity index (χ0v) is 11.7. The lowest BCUT2D eigenvalue weighted by molar-refractivity contribution is -0.137. The molecule has 4 nitrogen and oxygen atoms in total. The van der Waals surface area contributed by atoms with E-state index in [-0.39, 0.29) is 11.8 Å². The van der Waals surface area contributed by atoms with Crippen LogP contribution in [0.4, 0.5) is 0 Å². The Morgan fingerprint density at radius 2 is 2.44 bits per heavy atom. The minimum atomic E-state index is -0.0498. The summed E-state index contributed by atoms with van der Waals surface area (Å²) in [5, 5.41) is 4.72. The lowest BCUT2D eigenvalue weighted by atomic mass is 9.99. The van der Waals surface area contributed by atoms with Gasteiger partial charge in [0.1, 0.15) is 0 Å². The summed E-state index contributed by atoms with van der Waals surface area (Å²) in [7, 11) is 0. The summed E-state index contributed by atoms with van der Waals surface area (Å²) in [4.78, 5) is 14.3. The maximum Gasteiger partial charge on any atom is 0.227 e. The zero-order valence-electron chi connectivity index (χ0n) is 11.0. The Morgan fingerprint density at radius 1 is 1.67 bits per heavy atom. The van der Waals surface area contributed by atoms with E-state index in [1.165, 1.54) is 6.42 Å². The molecule has 0 aromatic carbocycles. The zero-order chi connectivity index (χ0) is 13.1.